The van der Waals surface area contributed by atoms with E-state index in [0.29, 0.717) is 43.6 Å². The fourth-order valence-electron chi connectivity index (χ4n) is 4.73. The number of hydrogen-bond donors (Lipinski definition) is 0. The Kier molecular flexibility index (Phi) is 9.57. The van der Waals surface area contributed by atoms with Gasteiger partial charge in [0, 0.05) is 29.7 Å². The van der Waals surface area contributed by atoms with Crippen molar-refractivity contribution in [2.24, 2.45) is 5.92 Å². The molecule has 0 aliphatic carbocycles. The highest BCUT2D eigenvalue weighted by Crippen LogP contribution is 2.38. The summed E-state index contributed by atoms with van der Waals surface area (Å²) in [4.78, 5) is 0. The van der Waals surface area contributed by atoms with Crippen molar-refractivity contribution in [2.45, 2.75) is 25.7 Å². The molecule has 44 heavy (non-hydrogen) atoms. The summed E-state index contributed by atoms with van der Waals surface area (Å²) in [6.45, 7) is 4.08. The summed E-state index contributed by atoms with van der Waals surface area (Å²) in [5.41, 5.74) is -0.937. The van der Waals surface area contributed by atoms with E-state index >= 15 is 0 Å². The van der Waals surface area contributed by atoms with Gasteiger partial charge >= 0.3 is 6.11 Å². The molecular formula is C33H27F7O4. The van der Waals surface area contributed by atoms with Crippen molar-refractivity contribution in [1.82, 2.24) is 0 Å². The normalized spacial score (nSPS) is 17.1. The molecule has 0 radical (unpaired) electrons. The molecule has 1 fully saturated rings. The molecule has 0 bridgehead atoms. The average molecular weight is 621 g/mol. The van der Waals surface area contributed by atoms with Crippen LogP contribution >= 0.6 is 0 Å². The van der Waals surface area contributed by atoms with Crippen LogP contribution in [0.25, 0.3) is 22.3 Å². The second-order valence-electron chi connectivity index (χ2n) is 10.3. The van der Waals surface area contributed by atoms with Gasteiger partial charge in [0.2, 0.25) is 0 Å². The van der Waals surface area contributed by atoms with E-state index < -0.39 is 52.8 Å². The maximum Gasteiger partial charge on any atom is 0.432 e. The van der Waals surface area contributed by atoms with Gasteiger partial charge in [-0.2, -0.15) is 8.78 Å². The molecule has 0 atom stereocenters. The molecule has 4 nitrogen and oxygen atoms in total. The Balaban J connectivity index is 1.28. The number of rotatable bonds is 10. The van der Waals surface area contributed by atoms with E-state index in [0.717, 1.165) is 48.9 Å². The van der Waals surface area contributed by atoms with E-state index in [-0.39, 0.29) is 22.6 Å². The fraction of sp³-hybridized carbons (Fsp3) is 0.273. The zero-order chi connectivity index (χ0) is 31.4. The van der Waals surface area contributed by atoms with Gasteiger partial charge in [-0.3, -0.25) is 0 Å². The Labute approximate surface area is 248 Å². The van der Waals surface area contributed by atoms with E-state index in [1.807, 2.05) is 6.92 Å². The molecule has 4 aromatic rings. The van der Waals surface area contributed by atoms with Crippen LogP contribution < -0.4 is 4.74 Å². The van der Waals surface area contributed by atoms with Gasteiger partial charge in [-0.05, 0) is 59.5 Å². The van der Waals surface area contributed by atoms with Gasteiger partial charge in [0.25, 0.3) is 0 Å². The largest absolute Gasteiger partial charge is 0.432 e. The maximum atomic E-state index is 15.0. The summed E-state index contributed by atoms with van der Waals surface area (Å²) in [6, 6.07) is 13.0. The minimum Gasteiger partial charge on any atom is -0.429 e. The van der Waals surface area contributed by atoms with Gasteiger partial charge in [-0.1, -0.05) is 37.3 Å². The number of hydrogen-bond acceptors (Lipinski definition) is 4. The molecule has 4 aromatic carbocycles. The molecular weight excluding hydrogens is 593 g/mol. The van der Waals surface area contributed by atoms with E-state index in [2.05, 4.69) is 4.74 Å². The van der Waals surface area contributed by atoms with Crippen LogP contribution in [0.15, 0.2) is 72.8 Å². The number of benzene rings is 4. The Morgan fingerprint density at radius 3 is 1.95 bits per heavy atom. The summed E-state index contributed by atoms with van der Waals surface area (Å²) in [6.07, 6.45) is -4.24. The van der Waals surface area contributed by atoms with Crippen LogP contribution in [0.2, 0.25) is 0 Å². The lowest BCUT2D eigenvalue weighted by molar-refractivity contribution is -0.212. The molecule has 0 N–H and O–H groups in total. The van der Waals surface area contributed by atoms with Gasteiger partial charge in [-0.15, -0.1) is 0 Å². The van der Waals surface area contributed by atoms with Crippen LogP contribution in [0, 0.1) is 35.0 Å². The fourth-order valence-corrected chi connectivity index (χ4v) is 4.73. The predicted molar refractivity (Wildman–Crippen MR) is 147 cm³/mol. The van der Waals surface area contributed by atoms with Crippen molar-refractivity contribution in [3.8, 4) is 28.0 Å². The molecule has 0 saturated carbocycles. The molecule has 0 amide bonds. The molecule has 11 heteroatoms. The highest BCUT2D eigenvalue weighted by atomic mass is 19.3. The van der Waals surface area contributed by atoms with E-state index in [1.165, 1.54) is 0 Å². The first-order valence-electron chi connectivity index (χ1n) is 13.8. The van der Waals surface area contributed by atoms with Crippen molar-refractivity contribution in [3.05, 3.63) is 113 Å². The second-order valence-corrected chi connectivity index (χ2v) is 10.3. The molecule has 1 aliphatic heterocycles. The summed E-state index contributed by atoms with van der Waals surface area (Å²) in [5, 5.41) is 0. The smallest absolute Gasteiger partial charge is 0.429 e. The second kappa shape index (κ2) is 13.4. The van der Waals surface area contributed by atoms with Gasteiger partial charge in [-0.25, -0.2) is 22.0 Å². The van der Waals surface area contributed by atoms with E-state index in [1.54, 1.807) is 24.3 Å². The van der Waals surface area contributed by atoms with E-state index in [4.69, 9.17) is 14.2 Å². The van der Waals surface area contributed by atoms with Crippen molar-refractivity contribution in [2.75, 3.05) is 26.4 Å². The Hall–Kier alpha value is -3.93. The van der Waals surface area contributed by atoms with Crippen LogP contribution in [-0.4, -0.2) is 26.4 Å². The summed E-state index contributed by atoms with van der Waals surface area (Å²) < 4.78 is 123. The average Bonchev–Trinajstić information content (AvgIpc) is 2.98. The lowest BCUT2D eigenvalue weighted by atomic mass is 10.0. The summed E-state index contributed by atoms with van der Waals surface area (Å²) in [7, 11) is 0. The summed E-state index contributed by atoms with van der Waals surface area (Å²) in [5.74, 6) is -7.28. The lowest BCUT2D eigenvalue weighted by Crippen LogP contribution is -2.30. The van der Waals surface area contributed by atoms with E-state index in [9.17, 15) is 30.7 Å². The van der Waals surface area contributed by atoms with Crippen LogP contribution in [0.3, 0.4) is 0 Å². The first-order chi connectivity index (χ1) is 21.1. The molecule has 5 rings (SSSR count). The quantitative estimate of drug-likeness (QED) is 0.131. The van der Waals surface area contributed by atoms with Gasteiger partial charge < -0.3 is 18.9 Å². The monoisotopic (exact) mass is 620 g/mol. The van der Waals surface area contributed by atoms with Crippen LogP contribution in [0.4, 0.5) is 30.7 Å². The van der Waals surface area contributed by atoms with Crippen molar-refractivity contribution >= 4 is 0 Å². The molecule has 1 saturated heterocycles. The zero-order valence-electron chi connectivity index (χ0n) is 23.4. The van der Waals surface area contributed by atoms with Crippen LogP contribution in [-0.2, 0) is 20.3 Å². The highest BCUT2D eigenvalue weighted by molar-refractivity contribution is 5.66. The van der Waals surface area contributed by atoms with Gasteiger partial charge in [0.05, 0.1) is 19.8 Å². The molecule has 1 aliphatic rings. The highest BCUT2D eigenvalue weighted by Gasteiger charge is 2.41. The number of alkyl halides is 2. The Bertz CT molecular complexity index is 1580. The zero-order valence-corrected chi connectivity index (χ0v) is 23.4. The third-order valence-electron chi connectivity index (χ3n) is 6.94. The first-order valence-corrected chi connectivity index (χ1v) is 13.8. The van der Waals surface area contributed by atoms with Crippen LogP contribution in [0.5, 0.6) is 5.75 Å². The number of halogens is 7. The molecule has 0 unspecified atom stereocenters. The minimum atomic E-state index is -4.53. The third kappa shape index (κ3) is 7.06. The summed E-state index contributed by atoms with van der Waals surface area (Å²) >= 11 is 0. The lowest BCUT2D eigenvalue weighted by Gasteiger charge is -2.29. The van der Waals surface area contributed by atoms with Crippen molar-refractivity contribution < 1.29 is 49.7 Å². The molecule has 0 spiro atoms. The first kappa shape index (κ1) is 31.5. The van der Waals surface area contributed by atoms with Gasteiger partial charge in [0.15, 0.2) is 17.9 Å². The third-order valence-corrected chi connectivity index (χ3v) is 6.94. The topological polar surface area (TPSA) is 36.9 Å². The van der Waals surface area contributed by atoms with Crippen LogP contribution in [0.1, 0.15) is 30.8 Å². The molecule has 232 valence electrons. The maximum absolute atomic E-state index is 15.0. The SMILES string of the molecule is CCCOCC1COC(c2ccc(-c3cc(F)c(C(F)(F)Oc4ccc(-c5ccc(F)c(F)c5)c(F)c4)c(F)c3)cc2)OC1. The Morgan fingerprint density at radius 2 is 1.34 bits per heavy atom. The Morgan fingerprint density at radius 1 is 0.705 bits per heavy atom. The van der Waals surface area contributed by atoms with Crippen molar-refractivity contribution in [3.63, 3.8) is 0 Å². The predicted octanol–water partition coefficient (Wildman–Crippen LogP) is 8.93. The standard InChI is InChI=1S/C33H27F7O4/c1-2-11-41-16-19-17-42-32(43-18-19)21-5-3-20(4-6-21)23-13-29(37)31(30(38)14-23)33(39,40)44-24-8-9-25(27(35)15-24)22-7-10-26(34)28(36)12-22/h3-10,12-15,19,32H,2,11,16-18H2,1H3. The van der Waals surface area contributed by atoms with Gasteiger partial charge in [0.1, 0.15) is 28.8 Å². The van der Waals surface area contributed by atoms with Crippen molar-refractivity contribution in [1.29, 1.82) is 0 Å². The number of ether oxygens (including phenoxy) is 4. The minimum absolute atomic E-state index is 0.00774. The molecule has 0 aromatic heterocycles. The molecule has 1 heterocycles.